The van der Waals surface area contributed by atoms with Crippen molar-refractivity contribution in [1.82, 2.24) is 24.8 Å². The molecule has 2 aliphatic rings. The SMILES string of the molecule is Cc1cc(OCCOCCOCCOCCOC2CN(c3ccc(-c4ccc5c6cnccc6n(C)c5c4)cn3)C2)ccc1C(=O)N(C=O)C1CCC(=O)NC1=O. The molecule has 1 unspecified atom stereocenters. The van der Waals surface area contributed by atoms with Crippen molar-refractivity contribution in [3.05, 3.63) is 84.3 Å². The molecule has 2 saturated heterocycles. The number of carbonyl (C=O) groups is 4. The normalized spacial score (nSPS) is 15.8. The first kappa shape index (κ1) is 39.5. The van der Waals surface area contributed by atoms with Gasteiger partial charge in [0.15, 0.2) is 0 Å². The van der Waals surface area contributed by atoms with Crippen LogP contribution in [0.1, 0.15) is 28.8 Å². The summed E-state index contributed by atoms with van der Waals surface area (Å²) in [4.78, 5) is 60.4. The Morgan fingerprint density at radius 2 is 1.60 bits per heavy atom. The van der Waals surface area contributed by atoms with Gasteiger partial charge in [0, 0.05) is 72.6 Å². The number of ether oxygens (including phenoxy) is 5. The Bertz CT molecular complexity index is 2220. The van der Waals surface area contributed by atoms with Crippen molar-refractivity contribution in [3.8, 4) is 16.9 Å². The van der Waals surface area contributed by atoms with E-state index in [0.717, 1.165) is 40.3 Å². The van der Waals surface area contributed by atoms with Gasteiger partial charge in [0.25, 0.3) is 5.91 Å². The monoisotopic (exact) mass is 778 g/mol. The second kappa shape index (κ2) is 18.5. The molecule has 5 heterocycles. The molecule has 57 heavy (non-hydrogen) atoms. The molecule has 5 aromatic rings. The lowest BCUT2D eigenvalue weighted by Crippen LogP contribution is -2.53. The summed E-state index contributed by atoms with van der Waals surface area (Å²) in [7, 11) is 2.09. The molecular formula is C42H46N6O9. The number of hydrogen-bond acceptors (Lipinski definition) is 12. The number of benzene rings is 2. The predicted molar refractivity (Wildman–Crippen MR) is 211 cm³/mol. The number of imide groups is 2. The third kappa shape index (κ3) is 9.29. The van der Waals surface area contributed by atoms with E-state index in [-0.39, 0.29) is 31.1 Å². The summed E-state index contributed by atoms with van der Waals surface area (Å²) in [6, 6.07) is 16.6. The van der Waals surface area contributed by atoms with Crippen molar-refractivity contribution in [1.29, 1.82) is 0 Å². The number of pyridine rings is 2. The molecule has 0 bridgehead atoms. The van der Waals surface area contributed by atoms with Gasteiger partial charge in [-0.3, -0.25) is 34.4 Å². The number of fused-ring (bicyclic) bond motifs is 3. The Morgan fingerprint density at radius 1 is 0.860 bits per heavy atom. The molecule has 0 aliphatic carbocycles. The number of aromatic nitrogens is 3. The van der Waals surface area contributed by atoms with E-state index in [4.69, 9.17) is 28.7 Å². The van der Waals surface area contributed by atoms with E-state index in [1.165, 1.54) is 16.4 Å². The maximum atomic E-state index is 13.0. The van der Waals surface area contributed by atoms with Crippen LogP contribution in [-0.2, 0) is 40.4 Å². The Labute approximate surface area is 329 Å². The van der Waals surface area contributed by atoms with E-state index >= 15 is 0 Å². The molecule has 15 nitrogen and oxygen atoms in total. The first-order chi connectivity index (χ1) is 27.8. The van der Waals surface area contributed by atoms with Crippen molar-refractivity contribution in [2.45, 2.75) is 31.9 Å². The van der Waals surface area contributed by atoms with E-state index in [1.807, 2.05) is 24.7 Å². The molecule has 1 atom stereocenters. The lowest BCUT2D eigenvalue weighted by molar-refractivity contribution is -0.139. The molecule has 1 N–H and O–H groups in total. The lowest BCUT2D eigenvalue weighted by atomic mass is 10.0. The molecule has 2 aliphatic heterocycles. The number of nitrogens with one attached hydrogen (secondary N) is 1. The van der Waals surface area contributed by atoms with Crippen LogP contribution in [0.4, 0.5) is 5.82 Å². The molecule has 0 spiro atoms. The average molecular weight is 779 g/mol. The van der Waals surface area contributed by atoms with Crippen LogP contribution >= 0.6 is 0 Å². The van der Waals surface area contributed by atoms with Crippen LogP contribution in [-0.4, -0.2) is 122 Å². The predicted octanol–water partition coefficient (Wildman–Crippen LogP) is 3.83. The Morgan fingerprint density at radius 3 is 2.30 bits per heavy atom. The highest BCUT2D eigenvalue weighted by atomic mass is 16.6. The Balaban J connectivity index is 0.704. The van der Waals surface area contributed by atoms with Crippen molar-refractivity contribution >= 4 is 51.8 Å². The zero-order valence-electron chi connectivity index (χ0n) is 32.1. The smallest absolute Gasteiger partial charge is 0.261 e. The fourth-order valence-corrected chi connectivity index (χ4v) is 7.06. The maximum Gasteiger partial charge on any atom is 0.261 e. The highest BCUT2D eigenvalue weighted by molar-refractivity contribution is 6.09. The molecule has 15 heteroatoms. The summed E-state index contributed by atoms with van der Waals surface area (Å²) in [5.74, 6) is -0.231. The highest BCUT2D eigenvalue weighted by Gasteiger charge is 2.35. The number of anilines is 1. The molecule has 3 aromatic heterocycles. The van der Waals surface area contributed by atoms with E-state index in [9.17, 15) is 19.2 Å². The van der Waals surface area contributed by atoms with E-state index in [2.05, 4.69) is 57.1 Å². The first-order valence-corrected chi connectivity index (χ1v) is 19.0. The number of hydrogen-bond donors (Lipinski definition) is 1. The summed E-state index contributed by atoms with van der Waals surface area (Å²) in [5.41, 5.74) is 5.37. The van der Waals surface area contributed by atoms with Crippen LogP contribution < -0.4 is 15.0 Å². The van der Waals surface area contributed by atoms with E-state index in [1.54, 1.807) is 25.1 Å². The van der Waals surface area contributed by atoms with Gasteiger partial charge in [-0.25, -0.2) is 4.98 Å². The Hall–Kier alpha value is -5.74. The molecule has 298 valence electrons. The van der Waals surface area contributed by atoms with Gasteiger partial charge in [-0.1, -0.05) is 12.1 Å². The summed E-state index contributed by atoms with van der Waals surface area (Å²) < 4.78 is 30.7. The molecule has 4 amide bonds. The summed E-state index contributed by atoms with van der Waals surface area (Å²) in [6.45, 7) is 6.64. The fourth-order valence-electron chi connectivity index (χ4n) is 7.06. The molecule has 2 aromatic carbocycles. The highest BCUT2D eigenvalue weighted by Crippen LogP contribution is 2.32. The van der Waals surface area contributed by atoms with Crippen LogP contribution in [0.25, 0.3) is 32.9 Å². The number of rotatable bonds is 19. The van der Waals surface area contributed by atoms with Crippen molar-refractivity contribution in [2.24, 2.45) is 7.05 Å². The Kier molecular flexibility index (Phi) is 12.8. The zero-order valence-corrected chi connectivity index (χ0v) is 32.1. The second-order valence-electron chi connectivity index (χ2n) is 13.9. The van der Waals surface area contributed by atoms with Crippen LogP contribution in [0, 0.1) is 6.92 Å². The second-order valence-corrected chi connectivity index (χ2v) is 13.9. The molecule has 0 radical (unpaired) electrons. The van der Waals surface area contributed by atoms with Crippen LogP contribution in [0.3, 0.4) is 0 Å². The average Bonchev–Trinajstić information content (AvgIpc) is 3.49. The largest absolute Gasteiger partial charge is 0.491 e. The number of piperidine rings is 1. The zero-order chi connectivity index (χ0) is 39.7. The first-order valence-electron chi connectivity index (χ1n) is 19.0. The van der Waals surface area contributed by atoms with Crippen LogP contribution in [0.2, 0.25) is 0 Å². The third-order valence-corrected chi connectivity index (χ3v) is 10.2. The summed E-state index contributed by atoms with van der Waals surface area (Å²) in [5, 5.41) is 4.52. The number of amides is 4. The molecular weight excluding hydrogens is 732 g/mol. The molecule has 0 saturated carbocycles. The van der Waals surface area contributed by atoms with Crippen molar-refractivity contribution in [2.75, 3.05) is 70.8 Å². The van der Waals surface area contributed by atoms with Crippen molar-refractivity contribution < 1.29 is 42.9 Å². The molecule has 7 rings (SSSR count). The summed E-state index contributed by atoms with van der Waals surface area (Å²) in [6.07, 6.45) is 6.30. The van der Waals surface area contributed by atoms with Gasteiger partial charge in [0.05, 0.1) is 57.9 Å². The van der Waals surface area contributed by atoms with Gasteiger partial charge in [-0.15, -0.1) is 0 Å². The summed E-state index contributed by atoms with van der Waals surface area (Å²) >= 11 is 0. The van der Waals surface area contributed by atoms with Gasteiger partial charge >= 0.3 is 0 Å². The standard InChI is InChI=1S/C42H46N6O9/c1-28-21-31(5-7-33(28)42(52)48(27-49)37-8-10-40(50)45-41(37)51)56-19-17-54-15-13-53-14-16-55-18-20-57-32-25-47(26-32)39-9-4-30(23-44-39)29-3-6-34-35-24-43-12-11-36(35)46(2)38(34)22-29/h3-7,9,11-12,21-24,27,32,37H,8,10,13-20,25-26H2,1-2H3,(H,45,50,51). The molecule has 2 fully saturated rings. The van der Waals surface area contributed by atoms with Gasteiger partial charge in [0.2, 0.25) is 18.2 Å². The minimum absolute atomic E-state index is 0.0572. The fraction of sp³-hybridized carbons (Fsp3) is 0.381. The van der Waals surface area contributed by atoms with Gasteiger partial charge in [-0.2, -0.15) is 0 Å². The maximum absolute atomic E-state index is 13.0. The topological polar surface area (TPSA) is 164 Å². The quantitative estimate of drug-likeness (QED) is 0.0734. The van der Waals surface area contributed by atoms with Crippen LogP contribution in [0.5, 0.6) is 5.75 Å². The van der Waals surface area contributed by atoms with Crippen LogP contribution in [0.15, 0.2) is 73.2 Å². The van der Waals surface area contributed by atoms with E-state index in [0.29, 0.717) is 64.0 Å². The van der Waals surface area contributed by atoms with E-state index < -0.39 is 23.8 Å². The van der Waals surface area contributed by atoms with Gasteiger partial charge in [0.1, 0.15) is 24.2 Å². The lowest BCUT2D eigenvalue weighted by Gasteiger charge is -2.39. The minimum Gasteiger partial charge on any atom is -0.491 e. The number of nitrogens with zero attached hydrogens (tertiary/aromatic N) is 5. The van der Waals surface area contributed by atoms with Gasteiger partial charge in [-0.05, 0) is 66.9 Å². The van der Waals surface area contributed by atoms with Gasteiger partial charge < -0.3 is 33.2 Å². The third-order valence-electron chi connectivity index (χ3n) is 10.2. The number of carbonyl (C=O) groups excluding carboxylic acids is 4. The minimum atomic E-state index is -1.03. The number of aryl methyl sites for hydroxylation is 2. The van der Waals surface area contributed by atoms with Crippen molar-refractivity contribution in [3.63, 3.8) is 0 Å².